The van der Waals surface area contributed by atoms with E-state index < -0.39 is 0 Å². The summed E-state index contributed by atoms with van der Waals surface area (Å²) in [7, 11) is 0. The Bertz CT molecular complexity index is 1010. The van der Waals surface area contributed by atoms with Gasteiger partial charge in [0.25, 0.3) is 5.56 Å². The normalized spacial score (nSPS) is 17.1. The lowest BCUT2D eigenvalue weighted by atomic mass is 10.1. The lowest BCUT2D eigenvalue weighted by Crippen LogP contribution is -2.23. The van der Waals surface area contributed by atoms with Crippen LogP contribution in [0.1, 0.15) is 24.0 Å². The summed E-state index contributed by atoms with van der Waals surface area (Å²) in [5.41, 5.74) is 3.82. The molecule has 1 aromatic heterocycles. The standard InChI is InChI=1S/C21H22N2O2S/c1-14-9-10-15(2)19(12-14)23-20(24)17-7-3-4-8-18(17)22-21(23)26-13-16-6-5-11-25-16/h3-4,7-10,12,16H,5-6,11,13H2,1-2H3. The van der Waals surface area contributed by atoms with Crippen LogP contribution in [-0.2, 0) is 4.74 Å². The van der Waals surface area contributed by atoms with Gasteiger partial charge in [0.05, 0.1) is 22.7 Å². The largest absolute Gasteiger partial charge is 0.377 e. The molecule has 0 bridgehead atoms. The zero-order valence-electron chi connectivity index (χ0n) is 15.1. The third kappa shape index (κ3) is 3.29. The van der Waals surface area contributed by atoms with Crippen molar-refractivity contribution < 1.29 is 4.74 Å². The van der Waals surface area contributed by atoms with E-state index in [1.807, 2.05) is 38.1 Å². The van der Waals surface area contributed by atoms with E-state index in [2.05, 4.69) is 18.2 Å². The molecule has 0 aliphatic carbocycles. The Balaban J connectivity index is 1.87. The van der Waals surface area contributed by atoms with Gasteiger partial charge in [0.2, 0.25) is 0 Å². The van der Waals surface area contributed by atoms with Crippen molar-refractivity contribution in [3.05, 3.63) is 63.9 Å². The SMILES string of the molecule is Cc1ccc(C)c(-n2c(SCC3CCCO3)nc3ccccc3c2=O)c1. The maximum Gasteiger partial charge on any atom is 0.266 e. The number of rotatable bonds is 4. The minimum absolute atomic E-state index is 0.0147. The number of ether oxygens (including phenoxy) is 1. The highest BCUT2D eigenvalue weighted by atomic mass is 32.2. The van der Waals surface area contributed by atoms with Crippen molar-refractivity contribution in [2.75, 3.05) is 12.4 Å². The molecule has 0 N–H and O–H groups in total. The summed E-state index contributed by atoms with van der Waals surface area (Å²) in [5, 5.41) is 1.38. The molecular formula is C21H22N2O2S. The molecule has 4 rings (SSSR count). The number of nitrogens with zero attached hydrogens (tertiary/aromatic N) is 2. The van der Waals surface area contributed by atoms with Crippen LogP contribution in [-0.4, -0.2) is 28.0 Å². The fourth-order valence-electron chi connectivity index (χ4n) is 3.33. The zero-order valence-corrected chi connectivity index (χ0v) is 15.9. The van der Waals surface area contributed by atoms with E-state index in [4.69, 9.17) is 9.72 Å². The fraction of sp³-hybridized carbons (Fsp3) is 0.333. The molecule has 0 radical (unpaired) electrons. The minimum Gasteiger partial charge on any atom is -0.377 e. The van der Waals surface area contributed by atoms with Crippen LogP contribution in [0.3, 0.4) is 0 Å². The van der Waals surface area contributed by atoms with Crippen LogP contribution in [0.5, 0.6) is 0 Å². The second-order valence-electron chi connectivity index (χ2n) is 6.79. The van der Waals surface area contributed by atoms with E-state index in [-0.39, 0.29) is 11.7 Å². The van der Waals surface area contributed by atoms with E-state index in [0.717, 1.165) is 52.7 Å². The van der Waals surface area contributed by atoms with Crippen molar-refractivity contribution in [1.29, 1.82) is 0 Å². The monoisotopic (exact) mass is 366 g/mol. The molecule has 4 nitrogen and oxygen atoms in total. The number of aromatic nitrogens is 2. The van der Waals surface area contributed by atoms with Gasteiger partial charge in [-0.05, 0) is 56.0 Å². The van der Waals surface area contributed by atoms with Gasteiger partial charge in [-0.1, -0.05) is 36.0 Å². The fourth-order valence-corrected chi connectivity index (χ4v) is 4.40. The van der Waals surface area contributed by atoms with Crippen LogP contribution in [0.15, 0.2) is 52.4 Å². The first-order chi connectivity index (χ1) is 12.6. The number of aryl methyl sites for hydroxylation is 2. The minimum atomic E-state index is -0.0147. The number of fused-ring (bicyclic) bond motifs is 1. The number of para-hydroxylation sites is 1. The summed E-state index contributed by atoms with van der Waals surface area (Å²) in [5.74, 6) is 0.815. The average molecular weight is 366 g/mol. The highest BCUT2D eigenvalue weighted by Gasteiger charge is 2.19. The van der Waals surface area contributed by atoms with Crippen molar-refractivity contribution in [2.24, 2.45) is 0 Å². The average Bonchev–Trinajstić information content (AvgIpc) is 3.16. The van der Waals surface area contributed by atoms with E-state index >= 15 is 0 Å². The summed E-state index contributed by atoms with van der Waals surface area (Å²) >= 11 is 1.61. The third-order valence-corrected chi connectivity index (χ3v) is 5.84. The first-order valence-electron chi connectivity index (χ1n) is 8.97. The molecule has 134 valence electrons. The van der Waals surface area contributed by atoms with Crippen molar-refractivity contribution in [2.45, 2.75) is 37.9 Å². The second kappa shape index (κ2) is 7.25. The molecule has 0 amide bonds. The molecule has 1 unspecified atom stereocenters. The molecule has 1 saturated heterocycles. The number of hydrogen-bond donors (Lipinski definition) is 0. The second-order valence-corrected chi connectivity index (χ2v) is 7.78. The summed E-state index contributed by atoms with van der Waals surface area (Å²) in [6.45, 7) is 4.91. The lowest BCUT2D eigenvalue weighted by Gasteiger charge is -2.17. The summed E-state index contributed by atoms with van der Waals surface area (Å²) in [6.07, 6.45) is 2.43. The van der Waals surface area contributed by atoms with Crippen LogP contribution in [0.25, 0.3) is 16.6 Å². The van der Waals surface area contributed by atoms with Crippen molar-refractivity contribution >= 4 is 22.7 Å². The van der Waals surface area contributed by atoms with Gasteiger partial charge in [0.15, 0.2) is 5.16 Å². The van der Waals surface area contributed by atoms with Gasteiger partial charge in [0.1, 0.15) is 0 Å². The molecule has 2 aromatic carbocycles. The molecule has 1 fully saturated rings. The number of benzene rings is 2. The number of thioether (sulfide) groups is 1. The number of hydrogen-bond acceptors (Lipinski definition) is 4. The molecule has 26 heavy (non-hydrogen) atoms. The topological polar surface area (TPSA) is 44.1 Å². The van der Waals surface area contributed by atoms with Gasteiger partial charge in [-0.15, -0.1) is 0 Å². The van der Waals surface area contributed by atoms with Crippen LogP contribution >= 0.6 is 11.8 Å². The Hall–Kier alpha value is -2.11. The first kappa shape index (κ1) is 17.3. The molecule has 0 spiro atoms. The summed E-state index contributed by atoms with van der Waals surface area (Å²) in [6, 6.07) is 13.7. The molecule has 1 atom stereocenters. The highest BCUT2D eigenvalue weighted by Crippen LogP contribution is 2.26. The quantitative estimate of drug-likeness (QED) is 0.511. The maximum absolute atomic E-state index is 13.3. The Morgan fingerprint density at radius 3 is 2.88 bits per heavy atom. The first-order valence-corrected chi connectivity index (χ1v) is 9.96. The van der Waals surface area contributed by atoms with Crippen molar-refractivity contribution in [1.82, 2.24) is 9.55 Å². The van der Waals surface area contributed by atoms with Gasteiger partial charge in [-0.3, -0.25) is 9.36 Å². The highest BCUT2D eigenvalue weighted by molar-refractivity contribution is 7.99. The van der Waals surface area contributed by atoms with Gasteiger partial charge in [-0.2, -0.15) is 0 Å². The predicted molar refractivity (Wildman–Crippen MR) is 107 cm³/mol. The van der Waals surface area contributed by atoms with Crippen LogP contribution in [0.4, 0.5) is 0 Å². The Morgan fingerprint density at radius 1 is 1.23 bits per heavy atom. The summed E-state index contributed by atoms with van der Waals surface area (Å²) in [4.78, 5) is 18.1. The van der Waals surface area contributed by atoms with Crippen molar-refractivity contribution in [3.8, 4) is 5.69 Å². The Morgan fingerprint density at radius 2 is 2.08 bits per heavy atom. The molecule has 1 aliphatic rings. The van der Waals surface area contributed by atoms with E-state index in [1.165, 1.54) is 0 Å². The van der Waals surface area contributed by atoms with Crippen LogP contribution < -0.4 is 5.56 Å². The van der Waals surface area contributed by atoms with Crippen LogP contribution in [0.2, 0.25) is 0 Å². The third-order valence-electron chi connectivity index (χ3n) is 4.77. The Kier molecular flexibility index (Phi) is 4.83. The lowest BCUT2D eigenvalue weighted by molar-refractivity contribution is 0.129. The maximum atomic E-state index is 13.3. The smallest absolute Gasteiger partial charge is 0.266 e. The van der Waals surface area contributed by atoms with Gasteiger partial charge < -0.3 is 4.74 Å². The predicted octanol–water partition coefficient (Wildman–Crippen LogP) is 4.27. The molecular weight excluding hydrogens is 344 g/mol. The van der Waals surface area contributed by atoms with E-state index in [0.29, 0.717) is 5.39 Å². The molecule has 1 aliphatic heterocycles. The molecule has 5 heteroatoms. The van der Waals surface area contributed by atoms with Crippen molar-refractivity contribution in [3.63, 3.8) is 0 Å². The van der Waals surface area contributed by atoms with E-state index in [9.17, 15) is 4.79 Å². The van der Waals surface area contributed by atoms with E-state index in [1.54, 1.807) is 16.3 Å². The van der Waals surface area contributed by atoms with Gasteiger partial charge in [0, 0.05) is 12.4 Å². The zero-order chi connectivity index (χ0) is 18.1. The molecule has 2 heterocycles. The van der Waals surface area contributed by atoms with Gasteiger partial charge >= 0.3 is 0 Å². The van der Waals surface area contributed by atoms with Crippen LogP contribution in [0, 0.1) is 13.8 Å². The summed E-state index contributed by atoms with van der Waals surface area (Å²) < 4.78 is 7.51. The molecule has 3 aromatic rings. The molecule has 0 saturated carbocycles. The van der Waals surface area contributed by atoms with Gasteiger partial charge in [-0.25, -0.2) is 4.98 Å². The Labute approximate surface area is 157 Å².